The van der Waals surface area contributed by atoms with Crippen molar-refractivity contribution < 1.29 is 8.42 Å². The molecule has 4 aromatic rings. The fraction of sp³-hybridized carbons (Fsp3) is 0.0526. The lowest BCUT2D eigenvalue weighted by atomic mass is 10.2. The van der Waals surface area contributed by atoms with E-state index in [-0.39, 0.29) is 4.90 Å². The van der Waals surface area contributed by atoms with Gasteiger partial charge in [0.1, 0.15) is 0 Å². The minimum Gasteiger partial charge on any atom is -0.255 e. The SMILES string of the molecule is CSc1cnc2c(c1)cc(-c1ccccn1)n2S(=O)(=O)c1ccccc1. The van der Waals surface area contributed by atoms with E-state index in [0.717, 1.165) is 10.3 Å². The van der Waals surface area contributed by atoms with Crippen molar-refractivity contribution in [2.45, 2.75) is 9.79 Å². The molecule has 0 unspecified atom stereocenters. The number of fused-ring (bicyclic) bond motifs is 1. The van der Waals surface area contributed by atoms with Gasteiger partial charge in [-0.15, -0.1) is 11.8 Å². The van der Waals surface area contributed by atoms with Gasteiger partial charge in [-0.3, -0.25) is 4.98 Å². The topological polar surface area (TPSA) is 64.8 Å². The van der Waals surface area contributed by atoms with Gasteiger partial charge < -0.3 is 0 Å². The zero-order valence-corrected chi connectivity index (χ0v) is 15.5. The Morgan fingerprint density at radius 1 is 0.962 bits per heavy atom. The Labute approximate surface area is 155 Å². The first kappa shape index (κ1) is 16.8. The van der Waals surface area contributed by atoms with Crippen molar-refractivity contribution >= 4 is 32.8 Å². The number of hydrogen-bond acceptors (Lipinski definition) is 5. The first-order chi connectivity index (χ1) is 12.6. The molecule has 1 aromatic carbocycles. The highest BCUT2D eigenvalue weighted by Crippen LogP contribution is 2.31. The van der Waals surface area contributed by atoms with E-state index in [2.05, 4.69) is 9.97 Å². The van der Waals surface area contributed by atoms with Crippen LogP contribution in [0.1, 0.15) is 0 Å². The molecule has 3 aromatic heterocycles. The quantitative estimate of drug-likeness (QED) is 0.499. The van der Waals surface area contributed by atoms with Crippen LogP contribution in [0, 0.1) is 0 Å². The Kier molecular flexibility index (Phi) is 4.26. The summed E-state index contributed by atoms with van der Waals surface area (Å²) in [6.45, 7) is 0. The number of benzene rings is 1. The number of pyridine rings is 2. The summed E-state index contributed by atoms with van der Waals surface area (Å²) in [7, 11) is -3.81. The van der Waals surface area contributed by atoms with E-state index in [1.54, 1.807) is 66.6 Å². The molecule has 130 valence electrons. The third-order valence-corrected chi connectivity index (χ3v) is 6.43. The Morgan fingerprint density at radius 2 is 1.73 bits per heavy atom. The largest absolute Gasteiger partial charge is 0.269 e. The van der Waals surface area contributed by atoms with Crippen LogP contribution >= 0.6 is 11.8 Å². The molecule has 7 heteroatoms. The maximum Gasteiger partial charge on any atom is 0.269 e. The minimum atomic E-state index is -3.81. The summed E-state index contributed by atoms with van der Waals surface area (Å²) >= 11 is 1.56. The van der Waals surface area contributed by atoms with E-state index in [1.807, 2.05) is 24.5 Å². The summed E-state index contributed by atoms with van der Waals surface area (Å²) in [5, 5.41) is 0.761. The van der Waals surface area contributed by atoms with Gasteiger partial charge >= 0.3 is 0 Å². The molecular formula is C19H15N3O2S2. The van der Waals surface area contributed by atoms with Crippen molar-refractivity contribution in [1.82, 2.24) is 13.9 Å². The number of aromatic nitrogens is 3. The second-order valence-electron chi connectivity index (χ2n) is 5.62. The monoisotopic (exact) mass is 381 g/mol. The van der Waals surface area contributed by atoms with Gasteiger partial charge in [0, 0.05) is 22.7 Å². The van der Waals surface area contributed by atoms with E-state index >= 15 is 0 Å². The van der Waals surface area contributed by atoms with Gasteiger partial charge in [0.2, 0.25) is 0 Å². The zero-order chi connectivity index (χ0) is 18.1. The fourth-order valence-electron chi connectivity index (χ4n) is 2.80. The van der Waals surface area contributed by atoms with Crippen molar-refractivity contribution in [3.05, 3.63) is 73.1 Å². The third kappa shape index (κ3) is 2.79. The van der Waals surface area contributed by atoms with Crippen LogP contribution in [-0.4, -0.2) is 28.6 Å². The number of hydrogen-bond donors (Lipinski definition) is 0. The molecule has 0 radical (unpaired) electrons. The Morgan fingerprint density at radius 3 is 2.42 bits per heavy atom. The maximum atomic E-state index is 13.3. The van der Waals surface area contributed by atoms with Crippen LogP contribution in [-0.2, 0) is 10.0 Å². The molecule has 5 nitrogen and oxygen atoms in total. The molecule has 0 fully saturated rings. The predicted octanol–water partition coefficient (Wildman–Crippen LogP) is 4.06. The van der Waals surface area contributed by atoms with Crippen molar-refractivity contribution in [3.8, 4) is 11.4 Å². The molecule has 0 aliphatic rings. The van der Waals surface area contributed by atoms with Crippen LogP contribution in [0.4, 0.5) is 0 Å². The Hall–Kier alpha value is -2.64. The van der Waals surface area contributed by atoms with Crippen LogP contribution in [0.2, 0.25) is 0 Å². The summed E-state index contributed by atoms with van der Waals surface area (Å²) in [6.07, 6.45) is 5.29. The molecule has 3 heterocycles. The molecule has 0 saturated heterocycles. The highest BCUT2D eigenvalue weighted by molar-refractivity contribution is 7.98. The van der Waals surface area contributed by atoms with Gasteiger partial charge in [-0.25, -0.2) is 17.4 Å². The van der Waals surface area contributed by atoms with E-state index in [0.29, 0.717) is 17.0 Å². The Balaban J connectivity index is 2.06. The maximum absolute atomic E-state index is 13.3. The first-order valence-electron chi connectivity index (χ1n) is 7.89. The molecular weight excluding hydrogens is 366 g/mol. The molecule has 26 heavy (non-hydrogen) atoms. The normalized spacial score (nSPS) is 11.7. The van der Waals surface area contributed by atoms with E-state index < -0.39 is 10.0 Å². The molecule has 0 spiro atoms. The molecule has 0 saturated carbocycles. The second-order valence-corrected chi connectivity index (χ2v) is 8.28. The van der Waals surface area contributed by atoms with Gasteiger partial charge in [-0.2, -0.15) is 0 Å². The molecule has 0 aliphatic carbocycles. The second kappa shape index (κ2) is 6.59. The highest BCUT2D eigenvalue weighted by atomic mass is 32.2. The molecule has 0 N–H and O–H groups in total. The van der Waals surface area contributed by atoms with Gasteiger partial charge in [0.05, 0.1) is 16.3 Å². The molecule has 0 aliphatic heterocycles. The number of rotatable bonds is 4. The van der Waals surface area contributed by atoms with E-state index in [1.165, 1.54) is 3.97 Å². The van der Waals surface area contributed by atoms with Crippen molar-refractivity contribution in [3.63, 3.8) is 0 Å². The smallest absolute Gasteiger partial charge is 0.255 e. The number of thioether (sulfide) groups is 1. The first-order valence-corrected chi connectivity index (χ1v) is 10.6. The summed E-state index contributed by atoms with van der Waals surface area (Å²) < 4.78 is 28.0. The summed E-state index contributed by atoms with van der Waals surface area (Å²) in [6, 6.07) is 17.6. The lowest BCUT2D eigenvalue weighted by Crippen LogP contribution is -2.14. The summed E-state index contributed by atoms with van der Waals surface area (Å²) in [5.74, 6) is 0. The minimum absolute atomic E-state index is 0.213. The van der Waals surface area contributed by atoms with Crippen LogP contribution in [0.3, 0.4) is 0 Å². The van der Waals surface area contributed by atoms with Gasteiger partial charge in [-0.1, -0.05) is 24.3 Å². The van der Waals surface area contributed by atoms with Crippen LogP contribution in [0.25, 0.3) is 22.4 Å². The standard InChI is InChI=1S/C19H15N3O2S2/c1-25-15-11-14-12-18(17-9-5-6-10-20-17)22(19(14)21-13-15)26(23,24)16-7-3-2-4-8-16/h2-13H,1H3. The van der Waals surface area contributed by atoms with Gasteiger partial charge in [0.25, 0.3) is 10.0 Å². The van der Waals surface area contributed by atoms with Gasteiger partial charge in [-0.05, 0) is 42.7 Å². The lowest BCUT2D eigenvalue weighted by molar-refractivity contribution is 0.589. The lowest BCUT2D eigenvalue weighted by Gasteiger charge is -2.11. The van der Waals surface area contributed by atoms with Crippen molar-refractivity contribution in [1.29, 1.82) is 0 Å². The van der Waals surface area contributed by atoms with Crippen LogP contribution in [0.5, 0.6) is 0 Å². The highest BCUT2D eigenvalue weighted by Gasteiger charge is 2.25. The molecule has 0 amide bonds. The van der Waals surface area contributed by atoms with Crippen molar-refractivity contribution in [2.24, 2.45) is 0 Å². The fourth-order valence-corrected chi connectivity index (χ4v) is 4.70. The molecule has 0 bridgehead atoms. The Bertz CT molecular complexity index is 1170. The van der Waals surface area contributed by atoms with Crippen LogP contribution < -0.4 is 0 Å². The van der Waals surface area contributed by atoms with E-state index in [4.69, 9.17) is 0 Å². The summed E-state index contributed by atoms with van der Waals surface area (Å²) in [5.41, 5.74) is 1.47. The van der Waals surface area contributed by atoms with Gasteiger partial charge in [0.15, 0.2) is 5.65 Å². The molecule has 4 rings (SSSR count). The number of nitrogens with zero attached hydrogens (tertiary/aromatic N) is 3. The average molecular weight is 381 g/mol. The summed E-state index contributed by atoms with van der Waals surface area (Å²) in [4.78, 5) is 9.95. The predicted molar refractivity (Wildman–Crippen MR) is 104 cm³/mol. The van der Waals surface area contributed by atoms with Crippen LogP contribution in [0.15, 0.2) is 82.8 Å². The third-order valence-electron chi connectivity index (χ3n) is 4.02. The van der Waals surface area contributed by atoms with E-state index in [9.17, 15) is 8.42 Å². The molecule has 0 atom stereocenters. The zero-order valence-electron chi connectivity index (χ0n) is 13.9. The van der Waals surface area contributed by atoms with Crippen molar-refractivity contribution in [2.75, 3.05) is 6.26 Å². The average Bonchev–Trinajstić information content (AvgIpc) is 3.08.